The second-order valence-corrected chi connectivity index (χ2v) is 4.02. The number of nitrogens with one attached hydrogen (secondary N) is 1. The Bertz CT molecular complexity index is 163. The average molecular weight is 188 g/mol. The first-order valence-electron chi connectivity index (χ1n) is 4.27. The lowest BCUT2D eigenvalue weighted by Crippen LogP contribution is -2.29. The van der Waals surface area contributed by atoms with Crippen LogP contribution in [0, 0.1) is 0 Å². The number of hydrogen-bond donors (Lipinski definition) is 1. The van der Waals surface area contributed by atoms with E-state index in [4.69, 9.17) is 0 Å². The van der Waals surface area contributed by atoms with Crippen molar-refractivity contribution in [2.75, 3.05) is 25.2 Å². The van der Waals surface area contributed by atoms with Gasteiger partial charge >= 0.3 is 0 Å². The van der Waals surface area contributed by atoms with Crippen molar-refractivity contribution < 1.29 is 4.79 Å². The highest BCUT2D eigenvalue weighted by atomic mass is 32.2. The number of carbonyl (C=O) groups is 1. The van der Waals surface area contributed by atoms with Gasteiger partial charge in [-0.2, -0.15) is 11.8 Å². The van der Waals surface area contributed by atoms with E-state index >= 15 is 0 Å². The van der Waals surface area contributed by atoms with Crippen LogP contribution >= 0.6 is 11.8 Å². The summed E-state index contributed by atoms with van der Waals surface area (Å²) in [6.07, 6.45) is 3.19. The quantitative estimate of drug-likeness (QED) is 0.653. The highest BCUT2D eigenvalue weighted by Gasteiger charge is 2.26. The van der Waals surface area contributed by atoms with Gasteiger partial charge in [-0.3, -0.25) is 10.1 Å². The molecule has 1 unspecified atom stereocenters. The molecule has 0 aromatic heterocycles. The van der Waals surface area contributed by atoms with Crippen LogP contribution in [-0.2, 0) is 4.79 Å². The monoisotopic (exact) mass is 188 g/mol. The van der Waals surface area contributed by atoms with Crippen molar-refractivity contribution in [1.29, 1.82) is 0 Å². The fraction of sp³-hybridized carbons (Fsp3) is 0.875. The number of nitrogens with zero attached hydrogens (tertiary/aromatic N) is 1. The molecule has 1 aliphatic rings. The van der Waals surface area contributed by atoms with Crippen LogP contribution in [-0.4, -0.2) is 42.1 Å². The second-order valence-electron chi connectivity index (χ2n) is 3.03. The van der Waals surface area contributed by atoms with E-state index in [1.807, 2.05) is 23.6 Å². The second kappa shape index (κ2) is 4.72. The van der Waals surface area contributed by atoms with Gasteiger partial charge in [-0.15, -0.1) is 0 Å². The van der Waals surface area contributed by atoms with E-state index in [9.17, 15) is 4.79 Å². The Morgan fingerprint density at radius 3 is 3.00 bits per heavy atom. The minimum Gasteiger partial charge on any atom is -0.329 e. The first-order chi connectivity index (χ1) is 5.75. The maximum absolute atomic E-state index is 11.4. The normalized spacial score (nSPS) is 23.7. The summed E-state index contributed by atoms with van der Waals surface area (Å²) in [6.45, 7) is 3.54. The molecule has 4 heteroatoms. The van der Waals surface area contributed by atoms with Crippen LogP contribution < -0.4 is 5.32 Å². The molecule has 0 saturated carbocycles. The molecular weight excluding hydrogens is 172 g/mol. The number of amides is 1. The lowest BCUT2D eigenvalue weighted by atomic mass is 10.3. The van der Waals surface area contributed by atoms with Crippen molar-refractivity contribution in [2.45, 2.75) is 19.4 Å². The highest BCUT2D eigenvalue weighted by molar-refractivity contribution is 7.98. The Morgan fingerprint density at radius 1 is 1.75 bits per heavy atom. The van der Waals surface area contributed by atoms with Gasteiger partial charge in [0.15, 0.2) is 0 Å². The summed E-state index contributed by atoms with van der Waals surface area (Å²) in [5, 5.41) is 3.12. The highest BCUT2D eigenvalue weighted by Crippen LogP contribution is 2.04. The Morgan fingerprint density at radius 2 is 2.50 bits per heavy atom. The summed E-state index contributed by atoms with van der Waals surface area (Å²) < 4.78 is 0. The standard InChI is InChI=1S/C8H16N2OS/c1-7-8(11)10(6-9-7)4-3-5-12-2/h7,9H,3-6H2,1-2H3. The van der Waals surface area contributed by atoms with Crippen molar-refractivity contribution in [1.82, 2.24) is 10.2 Å². The van der Waals surface area contributed by atoms with Gasteiger partial charge in [0.05, 0.1) is 12.7 Å². The third-order valence-electron chi connectivity index (χ3n) is 2.05. The van der Waals surface area contributed by atoms with Crippen molar-refractivity contribution in [3.8, 4) is 0 Å². The molecule has 12 heavy (non-hydrogen) atoms. The Hall–Kier alpha value is -0.220. The van der Waals surface area contributed by atoms with E-state index in [1.165, 1.54) is 0 Å². The average Bonchev–Trinajstić information content (AvgIpc) is 2.36. The number of thioether (sulfide) groups is 1. The summed E-state index contributed by atoms with van der Waals surface area (Å²) >= 11 is 1.83. The molecule has 0 radical (unpaired) electrons. The van der Waals surface area contributed by atoms with Crippen molar-refractivity contribution in [3.63, 3.8) is 0 Å². The maximum Gasteiger partial charge on any atom is 0.240 e. The molecule has 0 aliphatic carbocycles. The summed E-state index contributed by atoms with van der Waals surface area (Å²) in [7, 11) is 0. The minimum atomic E-state index is 0.0271. The van der Waals surface area contributed by atoms with E-state index in [2.05, 4.69) is 11.6 Å². The van der Waals surface area contributed by atoms with E-state index in [0.29, 0.717) is 0 Å². The van der Waals surface area contributed by atoms with Gasteiger partial charge in [-0.1, -0.05) is 0 Å². The summed E-state index contributed by atoms with van der Waals surface area (Å²) in [4.78, 5) is 13.2. The first-order valence-corrected chi connectivity index (χ1v) is 5.66. The van der Waals surface area contributed by atoms with Gasteiger partial charge in [0, 0.05) is 6.54 Å². The van der Waals surface area contributed by atoms with Gasteiger partial charge in [0.25, 0.3) is 0 Å². The van der Waals surface area contributed by atoms with E-state index in [-0.39, 0.29) is 11.9 Å². The van der Waals surface area contributed by atoms with E-state index in [0.717, 1.165) is 25.4 Å². The molecule has 1 fully saturated rings. The molecule has 3 nitrogen and oxygen atoms in total. The zero-order valence-corrected chi connectivity index (χ0v) is 8.49. The van der Waals surface area contributed by atoms with Crippen LogP contribution in [0.5, 0.6) is 0 Å². The molecule has 1 heterocycles. The van der Waals surface area contributed by atoms with Crippen molar-refractivity contribution in [2.24, 2.45) is 0 Å². The number of rotatable bonds is 4. The fourth-order valence-corrected chi connectivity index (χ4v) is 1.69. The Labute approximate surface area is 77.9 Å². The molecule has 0 bridgehead atoms. The molecule has 1 atom stereocenters. The molecule has 1 rings (SSSR count). The molecule has 1 aliphatic heterocycles. The van der Waals surface area contributed by atoms with Gasteiger partial charge in [0.1, 0.15) is 0 Å². The number of carbonyl (C=O) groups excluding carboxylic acids is 1. The molecular formula is C8H16N2OS. The van der Waals surface area contributed by atoms with E-state index < -0.39 is 0 Å². The summed E-state index contributed by atoms with van der Waals surface area (Å²) in [5.41, 5.74) is 0. The summed E-state index contributed by atoms with van der Waals surface area (Å²) in [5.74, 6) is 1.38. The topological polar surface area (TPSA) is 32.3 Å². The Balaban J connectivity index is 2.20. The van der Waals surface area contributed by atoms with Gasteiger partial charge in [-0.05, 0) is 25.4 Å². The fourth-order valence-electron chi connectivity index (χ4n) is 1.28. The Kier molecular flexibility index (Phi) is 3.88. The third-order valence-corrected chi connectivity index (χ3v) is 2.74. The maximum atomic E-state index is 11.4. The third kappa shape index (κ3) is 2.38. The zero-order valence-electron chi connectivity index (χ0n) is 7.67. The summed E-state index contributed by atoms with van der Waals surface area (Å²) in [6, 6.07) is 0.0271. The van der Waals surface area contributed by atoms with Crippen LogP contribution in [0.2, 0.25) is 0 Å². The molecule has 0 aromatic rings. The van der Waals surface area contributed by atoms with Gasteiger partial charge in [-0.25, -0.2) is 0 Å². The van der Waals surface area contributed by atoms with Gasteiger partial charge in [0.2, 0.25) is 5.91 Å². The predicted molar refractivity (Wildman–Crippen MR) is 52.2 cm³/mol. The van der Waals surface area contributed by atoms with Crippen molar-refractivity contribution in [3.05, 3.63) is 0 Å². The minimum absolute atomic E-state index is 0.0271. The number of hydrogen-bond acceptors (Lipinski definition) is 3. The molecule has 0 spiro atoms. The SMILES string of the molecule is CSCCCN1CNC(C)C1=O. The van der Waals surface area contributed by atoms with Crippen LogP contribution in [0.4, 0.5) is 0 Å². The van der Waals surface area contributed by atoms with Crippen LogP contribution in [0.25, 0.3) is 0 Å². The van der Waals surface area contributed by atoms with Crippen LogP contribution in [0.1, 0.15) is 13.3 Å². The van der Waals surface area contributed by atoms with Crippen LogP contribution in [0.15, 0.2) is 0 Å². The molecule has 1 saturated heterocycles. The first kappa shape index (κ1) is 9.86. The zero-order chi connectivity index (χ0) is 8.97. The lowest BCUT2D eigenvalue weighted by molar-refractivity contribution is -0.128. The van der Waals surface area contributed by atoms with Gasteiger partial charge < -0.3 is 4.90 Å². The largest absolute Gasteiger partial charge is 0.329 e. The molecule has 70 valence electrons. The molecule has 0 aromatic carbocycles. The molecule has 1 N–H and O–H groups in total. The molecule has 1 amide bonds. The lowest BCUT2D eigenvalue weighted by Gasteiger charge is -2.13. The predicted octanol–water partition coefficient (Wildman–Crippen LogP) is 0.517. The van der Waals surface area contributed by atoms with Crippen molar-refractivity contribution >= 4 is 17.7 Å². The van der Waals surface area contributed by atoms with E-state index in [1.54, 1.807) is 0 Å². The smallest absolute Gasteiger partial charge is 0.240 e. The van der Waals surface area contributed by atoms with Crippen LogP contribution in [0.3, 0.4) is 0 Å².